The van der Waals surface area contributed by atoms with Gasteiger partial charge in [-0.2, -0.15) is 12.6 Å². The summed E-state index contributed by atoms with van der Waals surface area (Å²) >= 11 is 3.99. The lowest BCUT2D eigenvalue weighted by atomic mass is 10.5. The normalized spacial score (nSPS) is 13.2. The van der Waals surface area contributed by atoms with E-state index in [-0.39, 0.29) is 21.8 Å². The van der Waals surface area contributed by atoms with Gasteiger partial charge in [0, 0.05) is 6.10 Å². The van der Waals surface area contributed by atoms with Crippen LogP contribution in [0.25, 0.3) is 0 Å². The molecule has 0 spiro atoms. The van der Waals surface area contributed by atoms with Crippen LogP contribution in [0, 0.1) is 0 Å². The zero-order chi connectivity index (χ0) is 8.85. The lowest BCUT2D eigenvalue weighted by Crippen LogP contribution is -2.26. The maximum atomic E-state index is 10.8. The van der Waals surface area contributed by atoms with Gasteiger partial charge in [-0.3, -0.25) is 4.79 Å². The zero-order valence-corrected chi connectivity index (χ0v) is 8.72. The summed E-state index contributed by atoms with van der Waals surface area (Å²) in [6, 6.07) is 0. The molecule has 0 saturated heterocycles. The summed E-state index contributed by atoms with van der Waals surface area (Å²) in [5.74, 6) is -0.340. The monoisotopic (exact) mass is 192 g/mol. The number of hydrogen-bond acceptors (Lipinski definition) is 4. The van der Waals surface area contributed by atoms with E-state index < -0.39 is 4.87 Å². The van der Waals surface area contributed by atoms with Gasteiger partial charge in [0.2, 0.25) is 0 Å². The van der Waals surface area contributed by atoms with Gasteiger partial charge < -0.3 is 9.16 Å². The lowest BCUT2D eigenvalue weighted by molar-refractivity contribution is -0.138. The van der Waals surface area contributed by atoms with Crippen molar-refractivity contribution in [3.8, 4) is 0 Å². The molecule has 0 aromatic carbocycles. The molecule has 1 unspecified atom stereocenters. The Hall–Kier alpha value is -0.00312. The molecule has 0 bridgehead atoms. The zero-order valence-electron chi connectivity index (χ0n) is 6.83. The fourth-order valence-corrected chi connectivity index (χ4v) is 1.26. The van der Waals surface area contributed by atoms with Crippen molar-refractivity contribution in [2.75, 3.05) is 7.11 Å². The predicted octanol–water partition coefficient (Wildman–Crippen LogP) is 0.459. The number of carbonyl (C=O) groups is 1. The predicted molar refractivity (Wildman–Crippen MR) is 46.8 cm³/mol. The maximum absolute atomic E-state index is 10.8. The average Bonchev–Trinajstić information content (AvgIpc) is 1.98. The van der Waals surface area contributed by atoms with E-state index in [1.54, 1.807) is 0 Å². The minimum atomic E-state index is -0.442. The van der Waals surface area contributed by atoms with Gasteiger partial charge in [-0.05, 0) is 13.8 Å². The van der Waals surface area contributed by atoms with Crippen LogP contribution in [0.4, 0.5) is 0 Å². The molecule has 64 valence electrons. The first-order valence-corrected chi connectivity index (χ1v) is 4.75. The molecule has 0 aliphatic heterocycles. The maximum Gasteiger partial charge on any atom is 0.317 e. The van der Waals surface area contributed by atoms with Crippen LogP contribution in [-0.4, -0.2) is 33.8 Å². The molecule has 1 atom stereocenters. The van der Waals surface area contributed by atoms with Gasteiger partial charge in [-0.15, -0.1) is 0 Å². The average molecular weight is 192 g/mol. The van der Waals surface area contributed by atoms with Gasteiger partial charge in [0.05, 0.1) is 7.11 Å². The van der Waals surface area contributed by atoms with E-state index in [1.807, 2.05) is 13.8 Å². The van der Waals surface area contributed by atoms with Gasteiger partial charge in [0.15, 0.2) is 0 Å². The summed E-state index contributed by atoms with van der Waals surface area (Å²) in [6.07, 6.45) is 0.132. The first-order chi connectivity index (χ1) is 5.07. The highest BCUT2D eigenvalue weighted by atomic mass is 32.1. The van der Waals surface area contributed by atoms with Crippen molar-refractivity contribution < 1.29 is 14.0 Å². The number of thiol groups is 1. The van der Waals surface area contributed by atoms with Crippen LogP contribution in [0.3, 0.4) is 0 Å². The molecule has 0 rings (SSSR count). The topological polar surface area (TPSA) is 35.5 Å². The summed E-state index contributed by atoms with van der Waals surface area (Å²) in [5, 5.41) is 0. The molecule has 0 aromatic rings. The fraction of sp³-hybridized carbons (Fsp3) is 0.833. The Bertz CT molecular complexity index is 129. The van der Waals surface area contributed by atoms with Gasteiger partial charge in [0.1, 0.15) is 4.87 Å². The van der Waals surface area contributed by atoms with Gasteiger partial charge in [0.25, 0.3) is 9.76 Å². The van der Waals surface area contributed by atoms with Crippen LogP contribution in [0.15, 0.2) is 0 Å². The van der Waals surface area contributed by atoms with Crippen LogP contribution < -0.4 is 0 Å². The van der Waals surface area contributed by atoms with E-state index in [4.69, 9.17) is 4.43 Å². The van der Waals surface area contributed by atoms with E-state index >= 15 is 0 Å². The smallest absolute Gasteiger partial charge is 0.317 e. The Morgan fingerprint density at radius 1 is 1.55 bits per heavy atom. The molecular weight excluding hydrogens is 180 g/mol. The van der Waals surface area contributed by atoms with Crippen molar-refractivity contribution in [1.82, 2.24) is 0 Å². The molecule has 2 radical (unpaired) electrons. The van der Waals surface area contributed by atoms with Crippen molar-refractivity contribution in [2.24, 2.45) is 0 Å². The molecule has 0 N–H and O–H groups in total. The van der Waals surface area contributed by atoms with Crippen LogP contribution in [0.5, 0.6) is 0 Å². The largest absolute Gasteiger partial charge is 0.468 e. The standard InChI is InChI=1S/C6H12O3SSi/c1-4(2)9-11-6(10)5(7)8-3/h4,6,10H,1-3H3. The Morgan fingerprint density at radius 3 is 2.45 bits per heavy atom. The van der Waals surface area contributed by atoms with Gasteiger partial charge in [-0.1, -0.05) is 0 Å². The van der Waals surface area contributed by atoms with Crippen molar-refractivity contribution in [2.45, 2.75) is 24.8 Å². The van der Waals surface area contributed by atoms with Gasteiger partial charge in [-0.25, -0.2) is 0 Å². The molecule has 0 aliphatic carbocycles. The van der Waals surface area contributed by atoms with Crippen molar-refractivity contribution in [3.63, 3.8) is 0 Å². The molecule has 0 saturated carbocycles. The number of carbonyl (C=O) groups excluding carboxylic acids is 1. The molecule has 11 heavy (non-hydrogen) atoms. The first kappa shape index (κ1) is 11.0. The quantitative estimate of drug-likeness (QED) is 0.399. The molecule has 0 aliphatic rings. The number of methoxy groups -OCH3 is 1. The van der Waals surface area contributed by atoms with Crippen LogP contribution >= 0.6 is 12.6 Å². The molecule has 0 amide bonds. The third-order valence-corrected chi connectivity index (χ3v) is 2.43. The molecular formula is C6H12O3SSi. The highest BCUT2D eigenvalue weighted by Gasteiger charge is 2.16. The van der Waals surface area contributed by atoms with Crippen LogP contribution in [0.1, 0.15) is 13.8 Å². The summed E-state index contributed by atoms with van der Waals surface area (Å²) in [4.78, 5) is 10.3. The minimum Gasteiger partial charge on any atom is -0.468 e. The third-order valence-electron chi connectivity index (χ3n) is 0.840. The SMILES string of the molecule is COC(=O)C(S)[Si]OC(C)C. The molecule has 0 fully saturated rings. The summed E-state index contributed by atoms with van der Waals surface area (Å²) in [7, 11) is 1.40. The molecule has 3 nitrogen and oxygen atoms in total. The third kappa shape index (κ3) is 5.29. The number of esters is 1. The second-order valence-corrected chi connectivity index (χ2v) is 4.26. The molecule has 5 heteroatoms. The van der Waals surface area contributed by atoms with Crippen LogP contribution in [0.2, 0.25) is 0 Å². The summed E-state index contributed by atoms with van der Waals surface area (Å²) in [5.41, 5.74) is 0. The van der Waals surface area contributed by atoms with Gasteiger partial charge >= 0.3 is 5.97 Å². The summed E-state index contributed by atoms with van der Waals surface area (Å²) < 4.78 is 9.63. The molecule has 0 aromatic heterocycles. The Kier molecular flexibility index (Phi) is 5.62. The highest BCUT2D eigenvalue weighted by molar-refractivity contribution is 7.83. The second kappa shape index (κ2) is 5.62. The van der Waals surface area contributed by atoms with E-state index in [0.29, 0.717) is 0 Å². The second-order valence-electron chi connectivity index (χ2n) is 2.21. The fourth-order valence-electron chi connectivity index (χ4n) is 0.360. The Morgan fingerprint density at radius 2 is 2.09 bits per heavy atom. The summed E-state index contributed by atoms with van der Waals surface area (Å²) in [6.45, 7) is 3.82. The lowest BCUT2D eigenvalue weighted by Gasteiger charge is -2.09. The van der Waals surface area contributed by atoms with Crippen molar-refractivity contribution in [1.29, 1.82) is 0 Å². The van der Waals surface area contributed by atoms with E-state index in [1.165, 1.54) is 7.11 Å². The van der Waals surface area contributed by atoms with Crippen LogP contribution in [-0.2, 0) is 14.0 Å². The number of ether oxygens (including phenoxy) is 1. The van der Waals surface area contributed by atoms with E-state index in [0.717, 1.165) is 0 Å². The van der Waals surface area contributed by atoms with Crippen molar-refractivity contribution in [3.05, 3.63) is 0 Å². The van der Waals surface area contributed by atoms with E-state index in [9.17, 15) is 4.79 Å². The number of hydrogen-bond donors (Lipinski definition) is 1. The highest BCUT2D eigenvalue weighted by Crippen LogP contribution is 1.97. The van der Waals surface area contributed by atoms with Crippen molar-refractivity contribution >= 4 is 28.4 Å². The minimum absolute atomic E-state index is 0.0631. The Labute approximate surface area is 74.8 Å². The van der Waals surface area contributed by atoms with E-state index in [2.05, 4.69) is 17.4 Å². The number of rotatable bonds is 4. The first-order valence-electron chi connectivity index (χ1n) is 3.25. The Balaban J connectivity index is 3.52. The molecule has 0 heterocycles.